The number of carbonyl (C=O) groups is 2. The molecule has 0 aromatic rings. The van der Waals surface area contributed by atoms with Gasteiger partial charge in [-0.2, -0.15) is 11.8 Å². The van der Waals surface area contributed by atoms with Crippen LogP contribution in [0.1, 0.15) is 13.3 Å². The van der Waals surface area contributed by atoms with Gasteiger partial charge in [0.2, 0.25) is 0 Å². The van der Waals surface area contributed by atoms with E-state index < -0.39 is 27.9 Å². The van der Waals surface area contributed by atoms with Crippen molar-refractivity contribution in [3.8, 4) is 0 Å². The minimum Gasteiger partial charge on any atom is -0.481 e. The quantitative estimate of drug-likeness (QED) is 0.739. The fourth-order valence-corrected chi connectivity index (χ4v) is 4.14. The molecule has 1 fully saturated rings. The second-order valence-electron chi connectivity index (χ2n) is 4.96. The molecule has 9 heteroatoms. The summed E-state index contributed by atoms with van der Waals surface area (Å²) in [4.78, 5) is 24.4. The first kappa shape index (κ1) is 17.1. The zero-order valence-corrected chi connectivity index (χ0v) is 13.2. The maximum Gasteiger partial charge on any atom is 0.317 e. The molecule has 0 radical (unpaired) electrons. The van der Waals surface area contributed by atoms with E-state index in [2.05, 4.69) is 5.32 Å². The summed E-state index contributed by atoms with van der Waals surface area (Å²) in [7, 11) is -3.16. The van der Waals surface area contributed by atoms with Crippen LogP contribution in [0.4, 0.5) is 4.79 Å². The number of amides is 2. The van der Waals surface area contributed by atoms with Gasteiger partial charge < -0.3 is 15.3 Å². The molecule has 20 heavy (non-hydrogen) atoms. The molecule has 1 aliphatic rings. The first-order valence-electron chi connectivity index (χ1n) is 6.23. The molecule has 2 N–H and O–H groups in total. The second kappa shape index (κ2) is 7.16. The number of rotatable bonds is 5. The molecular formula is C11H20N2O5S2. The van der Waals surface area contributed by atoms with E-state index in [1.54, 1.807) is 18.7 Å². The topological polar surface area (TPSA) is 104 Å². The molecule has 0 aromatic heterocycles. The lowest BCUT2D eigenvalue weighted by Crippen LogP contribution is -2.53. The van der Waals surface area contributed by atoms with Crippen molar-refractivity contribution in [3.63, 3.8) is 0 Å². The van der Waals surface area contributed by atoms with Gasteiger partial charge in [0.05, 0.1) is 18.2 Å². The van der Waals surface area contributed by atoms with Crippen molar-refractivity contribution in [2.45, 2.75) is 25.4 Å². The van der Waals surface area contributed by atoms with Crippen molar-refractivity contribution in [2.24, 2.45) is 0 Å². The molecule has 0 spiro atoms. The van der Waals surface area contributed by atoms with E-state index in [4.69, 9.17) is 5.11 Å². The highest BCUT2D eigenvalue weighted by molar-refractivity contribution is 7.99. The molecule has 1 heterocycles. The van der Waals surface area contributed by atoms with Crippen LogP contribution < -0.4 is 5.32 Å². The Morgan fingerprint density at radius 1 is 1.50 bits per heavy atom. The second-order valence-corrected chi connectivity index (χ2v) is 8.30. The Labute approximate surface area is 123 Å². The Morgan fingerprint density at radius 2 is 2.15 bits per heavy atom. The Morgan fingerprint density at radius 3 is 2.70 bits per heavy atom. The highest BCUT2D eigenvalue weighted by atomic mass is 32.2. The zero-order chi connectivity index (χ0) is 15.3. The maximum atomic E-state index is 12.1. The number of carboxylic acid groups (broad SMARTS) is 1. The van der Waals surface area contributed by atoms with Crippen molar-refractivity contribution in [2.75, 3.05) is 30.1 Å². The van der Waals surface area contributed by atoms with Crippen molar-refractivity contribution in [1.82, 2.24) is 10.2 Å². The number of nitrogens with one attached hydrogen (secondary N) is 1. The third-order valence-corrected chi connectivity index (χ3v) is 5.02. The van der Waals surface area contributed by atoms with Gasteiger partial charge in [-0.3, -0.25) is 4.79 Å². The molecule has 0 aliphatic carbocycles. The molecule has 1 rings (SSSR count). The van der Waals surface area contributed by atoms with Gasteiger partial charge in [0.25, 0.3) is 0 Å². The molecule has 1 saturated heterocycles. The number of urea groups is 1. The third kappa shape index (κ3) is 6.00. The van der Waals surface area contributed by atoms with E-state index in [9.17, 15) is 18.0 Å². The summed E-state index contributed by atoms with van der Waals surface area (Å²) >= 11 is 1.61. The number of hydrogen-bond acceptors (Lipinski definition) is 5. The number of aliphatic carboxylic acids is 1. The Hall–Kier alpha value is -0.960. The Balaban J connectivity index is 2.61. The summed E-state index contributed by atoms with van der Waals surface area (Å²) in [5, 5.41) is 11.5. The Bertz CT molecular complexity index is 465. The van der Waals surface area contributed by atoms with Gasteiger partial charge in [0, 0.05) is 30.3 Å². The summed E-state index contributed by atoms with van der Waals surface area (Å²) in [5.74, 6) is 0.259. The van der Waals surface area contributed by atoms with Crippen molar-refractivity contribution >= 4 is 33.6 Å². The lowest BCUT2D eigenvalue weighted by atomic mass is 10.2. The number of thioether (sulfide) groups is 1. The number of carboxylic acids is 1. The molecule has 2 amide bonds. The number of sulfone groups is 1. The van der Waals surface area contributed by atoms with Crippen LogP contribution in [0.2, 0.25) is 0 Å². The van der Waals surface area contributed by atoms with Crippen LogP contribution >= 0.6 is 11.8 Å². The zero-order valence-electron chi connectivity index (χ0n) is 11.5. The smallest absolute Gasteiger partial charge is 0.317 e. The molecule has 1 aliphatic heterocycles. The SMILES string of the molecule is CC(CS(C)(=O)=O)NC(=O)N1CCSCC1CC(=O)O. The normalized spacial score (nSPS) is 21.3. The van der Waals surface area contributed by atoms with E-state index in [1.165, 1.54) is 4.90 Å². The molecule has 2 unspecified atom stereocenters. The molecular weight excluding hydrogens is 304 g/mol. The summed E-state index contributed by atoms with van der Waals surface area (Å²) in [6.07, 6.45) is 1.02. The number of nitrogens with zero attached hydrogens (tertiary/aromatic N) is 1. The molecule has 116 valence electrons. The lowest BCUT2D eigenvalue weighted by Gasteiger charge is -2.35. The fraction of sp³-hybridized carbons (Fsp3) is 0.818. The number of carbonyl (C=O) groups excluding carboxylic acids is 1. The van der Waals surface area contributed by atoms with Crippen LogP contribution in [-0.4, -0.2) is 72.6 Å². The summed E-state index contributed by atoms with van der Waals surface area (Å²) in [6.45, 7) is 2.09. The van der Waals surface area contributed by atoms with Gasteiger partial charge in [-0.25, -0.2) is 13.2 Å². The van der Waals surface area contributed by atoms with Crippen molar-refractivity contribution in [3.05, 3.63) is 0 Å². The summed E-state index contributed by atoms with van der Waals surface area (Å²) in [5.41, 5.74) is 0. The molecule has 0 aromatic carbocycles. The van der Waals surface area contributed by atoms with Gasteiger partial charge in [-0.05, 0) is 6.92 Å². The maximum absolute atomic E-state index is 12.1. The van der Waals surface area contributed by atoms with Crippen LogP contribution in [0.15, 0.2) is 0 Å². The van der Waals surface area contributed by atoms with Crippen LogP contribution in [-0.2, 0) is 14.6 Å². The van der Waals surface area contributed by atoms with E-state index in [0.29, 0.717) is 12.3 Å². The largest absolute Gasteiger partial charge is 0.481 e. The first-order valence-corrected chi connectivity index (χ1v) is 9.45. The van der Waals surface area contributed by atoms with Gasteiger partial charge in [0.1, 0.15) is 9.84 Å². The van der Waals surface area contributed by atoms with Gasteiger partial charge in [-0.15, -0.1) is 0 Å². The highest BCUT2D eigenvalue weighted by Crippen LogP contribution is 2.19. The predicted molar refractivity (Wildman–Crippen MR) is 77.8 cm³/mol. The predicted octanol–water partition coefficient (Wildman–Crippen LogP) is 0.0212. The van der Waals surface area contributed by atoms with Crippen LogP contribution in [0, 0.1) is 0 Å². The van der Waals surface area contributed by atoms with Crippen molar-refractivity contribution in [1.29, 1.82) is 0 Å². The van der Waals surface area contributed by atoms with Crippen molar-refractivity contribution < 1.29 is 23.1 Å². The van der Waals surface area contributed by atoms with Gasteiger partial charge in [-0.1, -0.05) is 0 Å². The average Bonchev–Trinajstić information content (AvgIpc) is 2.25. The van der Waals surface area contributed by atoms with Crippen LogP contribution in [0.25, 0.3) is 0 Å². The van der Waals surface area contributed by atoms with E-state index in [-0.39, 0.29) is 18.2 Å². The minimum atomic E-state index is -3.16. The molecule has 0 bridgehead atoms. The fourth-order valence-electron chi connectivity index (χ4n) is 2.08. The van der Waals surface area contributed by atoms with E-state index in [0.717, 1.165) is 12.0 Å². The monoisotopic (exact) mass is 324 g/mol. The summed E-state index contributed by atoms with van der Waals surface area (Å²) < 4.78 is 22.3. The van der Waals surface area contributed by atoms with Gasteiger partial charge in [0.15, 0.2) is 0 Å². The first-order chi connectivity index (χ1) is 9.19. The Kier molecular flexibility index (Phi) is 6.12. The number of hydrogen-bond donors (Lipinski definition) is 2. The third-order valence-electron chi connectivity index (χ3n) is 2.82. The highest BCUT2D eigenvalue weighted by Gasteiger charge is 2.29. The van der Waals surface area contributed by atoms with Crippen LogP contribution in [0.3, 0.4) is 0 Å². The standard InChI is InChI=1S/C11H20N2O5S2/c1-8(7-20(2,17)18)12-11(16)13-3-4-19-6-9(13)5-10(14)15/h8-9H,3-7H2,1-2H3,(H,12,16)(H,14,15). The summed E-state index contributed by atoms with van der Waals surface area (Å²) in [6, 6.07) is -1.25. The van der Waals surface area contributed by atoms with Gasteiger partial charge >= 0.3 is 12.0 Å². The molecule has 0 saturated carbocycles. The molecule has 7 nitrogen and oxygen atoms in total. The van der Waals surface area contributed by atoms with Crippen LogP contribution in [0.5, 0.6) is 0 Å². The van der Waals surface area contributed by atoms with E-state index in [1.807, 2.05) is 0 Å². The lowest BCUT2D eigenvalue weighted by molar-refractivity contribution is -0.138. The average molecular weight is 324 g/mol. The molecule has 2 atom stereocenters. The minimum absolute atomic E-state index is 0.0964. The van der Waals surface area contributed by atoms with E-state index >= 15 is 0 Å².